The van der Waals surface area contributed by atoms with Crippen LogP contribution in [0.5, 0.6) is 0 Å². The van der Waals surface area contributed by atoms with Crippen LogP contribution in [0.3, 0.4) is 0 Å². The molecule has 0 radical (unpaired) electrons. The highest BCUT2D eigenvalue weighted by atomic mass is 32.2. The number of sulfone groups is 1. The van der Waals surface area contributed by atoms with E-state index in [4.69, 9.17) is 9.15 Å². The minimum atomic E-state index is -3.23. The zero-order chi connectivity index (χ0) is 18.7. The lowest BCUT2D eigenvalue weighted by Crippen LogP contribution is -2.46. The summed E-state index contributed by atoms with van der Waals surface area (Å²) in [6.07, 6.45) is 3.83. The second-order valence-electron chi connectivity index (χ2n) is 6.45. The summed E-state index contributed by atoms with van der Waals surface area (Å²) in [6.45, 7) is 1.01. The van der Waals surface area contributed by atoms with E-state index in [9.17, 15) is 18.3 Å². The van der Waals surface area contributed by atoms with E-state index in [2.05, 4.69) is 0 Å². The fourth-order valence-electron chi connectivity index (χ4n) is 3.16. The third-order valence-electron chi connectivity index (χ3n) is 4.62. The minimum absolute atomic E-state index is 0.0552. The van der Waals surface area contributed by atoms with Crippen LogP contribution in [0.25, 0.3) is 0 Å². The molecule has 7 nitrogen and oxygen atoms in total. The lowest BCUT2D eigenvalue weighted by molar-refractivity contribution is -0.0200. The first kappa shape index (κ1) is 18.5. The summed E-state index contributed by atoms with van der Waals surface area (Å²) in [4.78, 5) is 12.9. The Labute approximate surface area is 152 Å². The highest BCUT2D eigenvalue weighted by Gasteiger charge is 2.33. The van der Waals surface area contributed by atoms with Crippen LogP contribution in [-0.2, 0) is 21.2 Å². The molecule has 1 amide bonds. The molecule has 1 fully saturated rings. The number of benzene rings is 1. The predicted octanol–water partition coefficient (Wildman–Crippen LogP) is 2.74. The topological polar surface area (TPSA) is 97.1 Å². The molecule has 1 saturated heterocycles. The van der Waals surface area contributed by atoms with E-state index in [0.29, 0.717) is 13.0 Å². The lowest BCUT2D eigenvalue weighted by atomic mass is 9.88. The van der Waals surface area contributed by atoms with Crippen LogP contribution in [0.1, 0.15) is 23.5 Å². The third-order valence-corrected chi connectivity index (χ3v) is 5.75. The molecule has 26 heavy (non-hydrogen) atoms. The molecule has 2 heterocycles. The second-order valence-corrected chi connectivity index (χ2v) is 8.46. The van der Waals surface area contributed by atoms with Gasteiger partial charge in [0.2, 0.25) is 0 Å². The quantitative estimate of drug-likeness (QED) is 0.858. The molecule has 0 spiro atoms. The molecule has 2 aromatic rings. The highest BCUT2D eigenvalue weighted by molar-refractivity contribution is 7.90. The summed E-state index contributed by atoms with van der Waals surface area (Å²) in [7, 11) is -3.23. The fraction of sp³-hybridized carbons (Fsp3) is 0.389. The van der Waals surface area contributed by atoms with Crippen LogP contribution in [0.15, 0.2) is 52.2 Å². The van der Waals surface area contributed by atoms with Crippen molar-refractivity contribution in [1.29, 1.82) is 0 Å². The van der Waals surface area contributed by atoms with E-state index in [1.54, 1.807) is 36.8 Å². The summed E-state index contributed by atoms with van der Waals surface area (Å²) in [5.41, 5.74) is 1.82. The molecular weight excluding hydrogens is 358 g/mol. The van der Waals surface area contributed by atoms with Gasteiger partial charge in [-0.2, -0.15) is 0 Å². The number of furan rings is 1. The van der Waals surface area contributed by atoms with Crippen molar-refractivity contribution in [2.24, 2.45) is 0 Å². The van der Waals surface area contributed by atoms with E-state index in [-0.39, 0.29) is 30.1 Å². The molecule has 1 N–H and O–H groups in total. The number of amides is 1. The number of hydrogen-bond acceptors (Lipinski definition) is 5. The Balaban J connectivity index is 1.70. The molecule has 1 aliphatic rings. The second kappa shape index (κ2) is 7.51. The smallest absolute Gasteiger partial charge is 0.407 e. The molecular formula is C18H21NO6S. The molecule has 0 aliphatic carbocycles. The van der Waals surface area contributed by atoms with Gasteiger partial charge in [0.15, 0.2) is 9.84 Å². The number of carboxylic acid groups (broad SMARTS) is 1. The first-order valence-corrected chi connectivity index (χ1v) is 10.1. The van der Waals surface area contributed by atoms with Crippen molar-refractivity contribution in [2.45, 2.75) is 29.9 Å². The summed E-state index contributed by atoms with van der Waals surface area (Å²) < 4.78 is 34.2. The highest BCUT2D eigenvalue weighted by Crippen LogP contribution is 2.31. The third kappa shape index (κ3) is 4.25. The van der Waals surface area contributed by atoms with Gasteiger partial charge in [-0.25, -0.2) is 13.2 Å². The Hall–Kier alpha value is -2.32. The average Bonchev–Trinajstić information content (AvgIpc) is 3.13. The maximum Gasteiger partial charge on any atom is 0.407 e. The molecule has 140 valence electrons. The number of likely N-dealkylation sites (tertiary alicyclic amines) is 1. The van der Waals surface area contributed by atoms with Gasteiger partial charge in [0.25, 0.3) is 0 Å². The zero-order valence-corrected chi connectivity index (χ0v) is 15.2. The predicted molar refractivity (Wildman–Crippen MR) is 93.8 cm³/mol. The number of nitrogens with zero attached hydrogens (tertiary/aromatic N) is 1. The molecule has 1 aromatic heterocycles. The van der Waals surface area contributed by atoms with Gasteiger partial charge in [0.05, 0.1) is 36.7 Å². The first-order chi connectivity index (χ1) is 12.3. The van der Waals surface area contributed by atoms with Gasteiger partial charge < -0.3 is 19.2 Å². The number of piperidine rings is 1. The Morgan fingerprint density at radius 2 is 2.04 bits per heavy atom. The van der Waals surface area contributed by atoms with E-state index >= 15 is 0 Å². The Bertz CT molecular complexity index is 844. The van der Waals surface area contributed by atoms with Gasteiger partial charge in [-0.1, -0.05) is 12.1 Å². The molecule has 0 saturated carbocycles. The number of ether oxygens (including phenoxy) is 1. The van der Waals surface area contributed by atoms with Gasteiger partial charge in [-0.3, -0.25) is 0 Å². The van der Waals surface area contributed by atoms with Crippen molar-refractivity contribution >= 4 is 15.9 Å². The van der Waals surface area contributed by atoms with Crippen molar-refractivity contribution in [3.05, 3.63) is 54.0 Å². The van der Waals surface area contributed by atoms with Crippen LogP contribution in [0.2, 0.25) is 0 Å². The molecule has 2 unspecified atom stereocenters. The van der Waals surface area contributed by atoms with Crippen LogP contribution < -0.4 is 0 Å². The minimum Gasteiger partial charge on any atom is -0.472 e. The maximum atomic E-state index is 11.5. The zero-order valence-electron chi connectivity index (χ0n) is 14.4. The molecule has 3 rings (SSSR count). The van der Waals surface area contributed by atoms with E-state index in [1.165, 1.54) is 4.90 Å². The summed E-state index contributed by atoms with van der Waals surface area (Å²) >= 11 is 0. The molecule has 0 bridgehead atoms. The fourth-order valence-corrected chi connectivity index (χ4v) is 3.79. The normalized spacial score (nSPS) is 20.9. The summed E-state index contributed by atoms with van der Waals surface area (Å²) in [5, 5.41) is 9.26. The van der Waals surface area contributed by atoms with Crippen molar-refractivity contribution in [3.63, 3.8) is 0 Å². The summed E-state index contributed by atoms with van der Waals surface area (Å²) in [5.74, 6) is 0.0552. The van der Waals surface area contributed by atoms with Crippen LogP contribution in [-0.4, -0.2) is 50.0 Å². The first-order valence-electron chi connectivity index (χ1n) is 8.25. The van der Waals surface area contributed by atoms with Crippen molar-refractivity contribution < 1.29 is 27.5 Å². The number of rotatable bonds is 5. The average molecular weight is 379 g/mol. The van der Waals surface area contributed by atoms with Gasteiger partial charge in [0, 0.05) is 18.7 Å². The van der Waals surface area contributed by atoms with E-state index < -0.39 is 15.9 Å². The van der Waals surface area contributed by atoms with E-state index in [1.807, 2.05) is 6.07 Å². The van der Waals surface area contributed by atoms with Crippen LogP contribution in [0.4, 0.5) is 4.79 Å². The lowest BCUT2D eigenvalue weighted by Gasteiger charge is -2.36. The Morgan fingerprint density at radius 1 is 1.31 bits per heavy atom. The van der Waals surface area contributed by atoms with Gasteiger partial charge >= 0.3 is 6.09 Å². The van der Waals surface area contributed by atoms with Crippen molar-refractivity contribution in [2.75, 3.05) is 19.3 Å². The van der Waals surface area contributed by atoms with Gasteiger partial charge in [-0.15, -0.1) is 0 Å². The maximum absolute atomic E-state index is 11.5. The Kier molecular flexibility index (Phi) is 5.33. The SMILES string of the molecule is CS(=O)(=O)c1ccc(COC2CN(C(=O)O)CCC2c2ccoc2)cc1. The molecule has 1 aliphatic heterocycles. The van der Waals surface area contributed by atoms with Gasteiger partial charge in [-0.05, 0) is 35.7 Å². The van der Waals surface area contributed by atoms with Crippen LogP contribution in [0, 0.1) is 0 Å². The largest absolute Gasteiger partial charge is 0.472 e. The molecule has 8 heteroatoms. The van der Waals surface area contributed by atoms with E-state index in [0.717, 1.165) is 17.4 Å². The van der Waals surface area contributed by atoms with Crippen LogP contribution >= 0.6 is 0 Å². The molecule has 1 aromatic carbocycles. The van der Waals surface area contributed by atoms with Gasteiger partial charge in [0.1, 0.15) is 0 Å². The Morgan fingerprint density at radius 3 is 2.62 bits per heavy atom. The monoisotopic (exact) mass is 379 g/mol. The standard InChI is InChI=1S/C18H21NO6S/c1-26(22,23)15-4-2-13(3-5-15)11-25-17-10-19(18(20)21)8-6-16(17)14-7-9-24-12-14/h2-5,7,9,12,16-17H,6,8,10-11H2,1H3,(H,20,21). The van der Waals surface area contributed by atoms with Crippen molar-refractivity contribution in [1.82, 2.24) is 4.90 Å². The summed E-state index contributed by atoms with van der Waals surface area (Å²) in [6, 6.07) is 8.39. The number of carbonyl (C=O) groups is 1. The molecule has 2 atom stereocenters. The number of hydrogen-bond donors (Lipinski definition) is 1. The van der Waals surface area contributed by atoms with Crippen molar-refractivity contribution in [3.8, 4) is 0 Å².